The molecule has 2 heterocycles. The van der Waals surface area contributed by atoms with Gasteiger partial charge in [-0.1, -0.05) is 12.8 Å². The summed E-state index contributed by atoms with van der Waals surface area (Å²) in [6.45, 7) is 3.05. The zero-order valence-electron chi connectivity index (χ0n) is 10.3. The summed E-state index contributed by atoms with van der Waals surface area (Å²) in [6, 6.07) is 0.612. The zero-order valence-corrected chi connectivity index (χ0v) is 10.3. The Morgan fingerprint density at radius 2 is 2.24 bits per heavy atom. The minimum Gasteiger partial charge on any atom is -0.490 e. The predicted octanol–water partition coefficient (Wildman–Crippen LogP) is 1.99. The summed E-state index contributed by atoms with van der Waals surface area (Å²) in [6.07, 6.45) is 10.4. The van der Waals surface area contributed by atoms with Crippen molar-refractivity contribution >= 4 is 0 Å². The maximum absolute atomic E-state index is 5.81. The molecule has 1 aliphatic heterocycles. The maximum atomic E-state index is 5.81. The molecule has 1 aromatic heterocycles. The lowest BCUT2D eigenvalue weighted by atomic mass is 10.1. The van der Waals surface area contributed by atoms with E-state index in [9.17, 15) is 0 Å². The summed E-state index contributed by atoms with van der Waals surface area (Å²) in [5, 5.41) is 7.78. The molecule has 1 unspecified atom stereocenters. The van der Waals surface area contributed by atoms with E-state index in [1.807, 2.05) is 6.20 Å². The highest BCUT2D eigenvalue weighted by Crippen LogP contribution is 2.29. The van der Waals surface area contributed by atoms with Gasteiger partial charge in [0, 0.05) is 12.5 Å². The van der Waals surface area contributed by atoms with Crippen molar-refractivity contribution in [3.63, 3.8) is 0 Å². The number of nitrogens with one attached hydrogen (secondary N) is 1. The van der Waals surface area contributed by atoms with Gasteiger partial charge in [0.05, 0.1) is 25.0 Å². The van der Waals surface area contributed by atoms with Gasteiger partial charge < -0.3 is 10.1 Å². The Morgan fingerprint density at radius 1 is 1.35 bits per heavy atom. The topological polar surface area (TPSA) is 39.1 Å². The second-order valence-electron chi connectivity index (χ2n) is 5.26. The molecule has 0 aromatic carbocycles. The molecule has 1 aromatic rings. The number of rotatable bonds is 4. The van der Waals surface area contributed by atoms with E-state index in [2.05, 4.69) is 21.3 Å². The molecule has 2 aliphatic rings. The van der Waals surface area contributed by atoms with Gasteiger partial charge in [0.25, 0.3) is 0 Å². The molecular weight excluding hydrogens is 214 g/mol. The van der Waals surface area contributed by atoms with Crippen molar-refractivity contribution in [3.8, 4) is 5.75 Å². The summed E-state index contributed by atoms with van der Waals surface area (Å²) < 4.78 is 7.90. The molecule has 94 valence electrons. The summed E-state index contributed by atoms with van der Waals surface area (Å²) in [5.74, 6) is 1.61. The Kier molecular flexibility index (Phi) is 3.31. The minimum atomic E-state index is 0.612. The molecular formula is C13H21N3O. The van der Waals surface area contributed by atoms with Crippen LogP contribution in [0.2, 0.25) is 0 Å². The lowest BCUT2D eigenvalue weighted by molar-refractivity contribution is 0.259. The van der Waals surface area contributed by atoms with Gasteiger partial charge >= 0.3 is 0 Å². The van der Waals surface area contributed by atoms with Gasteiger partial charge in [0.15, 0.2) is 5.75 Å². The minimum absolute atomic E-state index is 0.612. The van der Waals surface area contributed by atoms with E-state index in [-0.39, 0.29) is 0 Å². The molecule has 1 saturated carbocycles. The number of ether oxygens (including phenoxy) is 1. The summed E-state index contributed by atoms with van der Waals surface area (Å²) in [5.41, 5.74) is 0. The third-order valence-corrected chi connectivity index (χ3v) is 3.92. The van der Waals surface area contributed by atoms with Crippen LogP contribution >= 0.6 is 0 Å². The smallest absolute Gasteiger partial charge is 0.157 e. The quantitative estimate of drug-likeness (QED) is 0.867. The number of aromatic nitrogens is 2. The first-order valence-corrected chi connectivity index (χ1v) is 6.79. The third kappa shape index (κ3) is 2.63. The van der Waals surface area contributed by atoms with Crippen molar-refractivity contribution in [2.24, 2.45) is 5.92 Å². The Labute approximate surface area is 102 Å². The van der Waals surface area contributed by atoms with Crippen LogP contribution in [-0.4, -0.2) is 29.5 Å². The summed E-state index contributed by atoms with van der Waals surface area (Å²) >= 11 is 0. The van der Waals surface area contributed by atoms with E-state index in [1.54, 1.807) is 0 Å². The van der Waals surface area contributed by atoms with Crippen molar-refractivity contribution in [1.82, 2.24) is 15.1 Å². The molecule has 4 nitrogen and oxygen atoms in total. The fourth-order valence-corrected chi connectivity index (χ4v) is 2.83. The van der Waals surface area contributed by atoms with E-state index >= 15 is 0 Å². The third-order valence-electron chi connectivity index (χ3n) is 3.92. The molecule has 0 spiro atoms. The van der Waals surface area contributed by atoms with Crippen molar-refractivity contribution in [3.05, 3.63) is 12.4 Å². The second kappa shape index (κ2) is 5.08. The molecule has 2 fully saturated rings. The molecule has 1 saturated heterocycles. The highest BCUT2D eigenvalue weighted by atomic mass is 16.5. The fraction of sp³-hybridized carbons (Fsp3) is 0.769. The van der Waals surface area contributed by atoms with Gasteiger partial charge in [-0.2, -0.15) is 5.10 Å². The number of hydrogen-bond acceptors (Lipinski definition) is 3. The van der Waals surface area contributed by atoms with Crippen molar-refractivity contribution in [1.29, 1.82) is 0 Å². The first-order valence-electron chi connectivity index (χ1n) is 6.79. The van der Waals surface area contributed by atoms with E-state index in [1.165, 1.54) is 32.1 Å². The monoisotopic (exact) mass is 235 g/mol. The number of hydrogen-bond donors (Lipinski definition) is 1. The Hall–Kier alpha value is -1.03. The highest BCUT2D eigenvalue weighted by Gasteiger charge is 2.19. The molecule has 1 N–H and O–H groups in total. The van der Waals surface area contributed by atoms with E-state index < -0.39 is 0 Å². The first-order chi connectivity index (χ1) is 8.42. The SMILES string of the molecule is c1nn(C2CCCC2)cc1OCC1CCNC1. The standard InChI is InChI=1S/C13H21N3O/c1-2-4-12(3-1)16-9-13(8-15-16)17-10-11-5-6-14-7-11/h8-9,11-12,14H,1-7,10H2. The lowest BCUT2D eigenvalue weighted by Crippen LogP contribution is -2.15. The summed E-state index contributed by atoms with van der Waals surface area (Å²) in [7, 11) is 0. The molecule has 0 bridgehead atoms. The average molecular weight is 235 g/mol. The van der Waals surface area contributed by atoms with Crippen LogP contribution in [0.5, 0.6) is 5.75 Å². The number of nitrogens with zero attached hydrogens (tertiary/aromatic N) is 2. The second-order valence-corrected chi connectivity index (χ2v) is 5.26. The van der Waals surface area contributed by atoms with E-state index in [4.69, 9.17) is 4.74 Å². The maximum Gasteiger partial charge on any atom is 0.157 e. The Balaban J connectivity index is 1.52. The van der Waals surface area contributed by atoms with Crippen molar-refractivity contribution < 1.29 is 4.74 Å². The van der Waals surface area contributed by atoms with Crippen LogP contribution in [0.4, 0.5) is 0 Å². The largest absolute Gasteiger partial charge is 0.490 e. The first kappa shape index (κ1) is 11.1. The van der Waals surface area contributed by atoms with Crippen LogP contribution < -0.4 is 10.1 Å². The Morgan fingerprint density at radius 3 is 3.00 bits per heavy atom. The fourth-order valence-electron chi connectivity index (χ4n) is 2.83. The van der Waals surface area contributed by atoms with Crippen LogP contribution in [0.1, 0.15) is 38.1 Å². The van der Waals surface area contributed by atoms with Crippen LogP contribution in [0.3, 0.4) is 0 Å². The molecule has 1 atom stereocenters. The van der Waals surface area contributed by atoms with Gasteiger partial charge in [-0.25, -0.2) is 0 Å². The van der Waals surface area contributed by atoms with Crippen LogP contribution in [0, 0.1) is 5.92 Å². The van der Waals surface area contributed by atoms with Gasteiger partial charge in [0.2, 0.25) is 0 Å². The highest BCUT2D eigenvalue weighted by molar-refractivity contribution is 5.12. The average Bonchev–Trinajstić information content (AvgIpc) is 3.09. The van der Waals surface area contributed by atoms with E-state index in [0.717, 1.165) is 25.4 Å². The molecule has 1 aliphatic carbocycles. The van der Waals surface area contributed by atoms with Crippen molar-refractivity contribution in [2.45, 2.75) is 38.1 Å². The van der Waals surface area contributed by atoms with Gasteiger partial charge in [0.1, 0.15) is 0 Å². The van der Waals surface area contributed by atoms with Gasteiger partial charge in [-0.3, -0.25) is 4.68 Å². The zero-order chi connectivity index (χ0) is 11.5. The Bertz CT molecular complexity index is 351. The predicted molar refractivity (Wildman–Crippen MR) is 66.2 cm³/mol. The van der Waals surface area contributed by atoms with Crippen LogP contribution in [-0.2, 0) is 0 Å². The molecule has 4 heteroatoms. The van der Waals surface area contributed by atoms with Crippen molar-refractivity contribution in [2.75, 3.05) is 19.7 Å². The molecule has 3 rings (SSSR count). The molecule has 17 heavy (non-hydrogen) atoms. The lowest BCUT2D eigenvalue weighted by Gasteiger charge is -2.10. The van der Waals surface area contributed by atoms with Gasteiger partial charge in [-0.05, 0) is 25.8 Å². The normalized spacial score (nSPS) is 25.5. The van der Waals surface area contributed by atoms with Gasteiger partial charge in [-0.15, -0.1) is 0 Å². The summed E-state index contributed by atoms with van der Waals surface area (Å²) in [4.78, 5) is 0. The van der Waals surface area contributed by atoms with Crippen LogP contribution in [0.15, 0.2) is 12.4 Å². The van der Waals surface area contributed by atoms with E-state index in [0.29, 0.717) is 12.0 Å². The molecule has 0 radical (unpaired) electrons. The molecule has 0 amide bonds. The van der Waals surface area contributed by atoms with Crippen LogP contribution in [0.25, 0.3) is 0 Å².